The van der Waals surface area contributed by atoms with Gasteiger partial charge < -0.3 is 10.2 Å². The molecule has 0 fully saturated rings. The number of nitrogens with zero attached hydrogens (tertiary/aromatic N) is 3. The fourth-order valence-electron chi connectivity index (χ4n) is 1.17. The Hall–Kier alpha value is -0.830. The lowest BCUT2D eigenvalue weighted by molar-refractivity contribution is 0.390. The molecule has 4 nitrogen and oxygen atoms in total. The van der Waals surface area contributed by atoms with Gasteiger partial charge in [0.2, 0.25) is 0 Å². The quantitative estimate of drug-likeness (QED) is 0.881. The van der Waals surface area contributed by atoms with Gasteiger partial charge in [-0.25, -0.2) is 4.98 Å². The van der Waals surface area contributed by atoms with Gasteiger partial charge in [0.1, 0.15) is 10.9 Å². The van der Waals surface area contributed by atoms with Gasteiger partial charge in [0.05, 0.1) is 0 Å². The van der Waals surface area contributed by atoms with Crippen molar-refractivity contribution in [2.24, 2.45) is 0 Å². The number of nitriles is 1. The summed E-state index contributed by atoms with van der Waals surface area (Å²) in [5, 5.41) is 13.0. The summed E-state index contributed by atoms with van der Waals surface area (Å²) in [6.07, 6.45) is 1.02. The molecule has 0 aliphatic rings. The highest BCUT2D eigenvalue weighted by atomic mass is 35.5. The van der Waals surface area contributed by atoms with E-state index in [9.17, 15) is 0 Å². The van der Waals surface area contributed by atoms with E-state index in [0.717, 1.165) is 13.0 Å². The summed E-state index contributed by atoms with van der Waals surface area (Å²) in [5.41, 5.74) is 0. The first-order valence-electron chi connectivity index (χ1n) is 5.00. The van der Waals surface area contributed by atoms with Gasteiger partial charge in [-0.3, -0.25) is 0 Å². The second-order valence-corrected chi connectivity index (χ2v) is 5.25. The molecule has 6 heteroatoms. The Morgan fingerprint density at radius 1 is 1.62 bits per heavy atom. The maximum Gasteiger partial charge on any atom is 0.185 e. The molecule has 1 atom stereocenters. The van der Waals surface area contributed by atoms with Crippen LogP contribution in [0.4, 0.5) is 5.13 Å². The fourth-order valence-corrected chi connectivity index (χ4v) is 2.23. The molecule has 0 saturated heterocycles. The van der Waals surface area contributed by atoms with Crippen LogP contribution < -0.4 is 5.32 Å². The Morgan fingerprint density at radius 3 is 2.81 bits per heavy atom. The monoisotopic (exact) mass is 258 g/mol. The van der Waals surface area contributed by atoms with Gasteiger partial charge in [-0.1, -0.05) is 22.9 Å². The van der Waals surface area contributed by atoms with E-state index in [0.29, 0.717) is 16.1 Å². The second-order valence-electron chi connectivity index (χ2n) is 3.89. The molecule has 1 N–H and O–H groups in total. The number of anilines is 1. The minimum atomic E-state index is 0.287. The van der Waals surface area contributed by atoms with Gasteiger partial charge >= 0.3 is 0 Å². The van der Waals surface area contributed by atoms with Crippen LogP contribution in [-0.4, -0.2) is 36.6 Å². The van der Waals surface area contributed by atoms with E-state index in [4.69, 9.17) is 16.9 Å². The van der Waals surface area contributed by atoms with E-state index in [1.165, 1.54) is 11.3 Å². The molecule has 1 aromatic rings. The highest BCUT2D eigenvalue weighted by Gasteiger charge is 2.10. The van der Waals surface area contributed by atoms with Crippen LogP contribution in [0.2, 0.25) is 5.15 Å². The summed E-state index contributed by atoms with van der Waals surface area (Å²) in [6, 6.07) is 2.33. The zero-order valence-corrected chi connectivity index (χ0v) is 11.2. The van der Waals surface area contributed by atoms with Gasteiger partial charge in [0.15, 0.2) is 10.3 Å². The molecule has 1 aromatic heterocycles. The van der Waals surface area contributed by atoms with Crippen LogP contribution in [0, 0.1) is 11.3 Å². The number of rotatable bonds is 5. The smallest absolute Gasteiger partial charge is 0.185 e. The first-order valence-corrected chi connectivity index (χ1v) is 6.20. The number of halogens is 1. The molecule has 1 heterocycles. The highest BCUT2D eigenvalue weighted by Crippen LogP contribution is 2.26. The molecular formula is C10H15ClN4S. The molecule has 88 valence electrons. The summed E-state index contributed by atoms with van der Waals surface area (Å²) in [6.45, 7) is 3.10. The molecule has 16 heavy (non-hydrogen) atoms. The number of nitrogens with one attached hydrogen (secondary N) is 1. The minimum Gasteiger partial charge on any atom is -0.359 e. The predicted molar refractivity (Wildman–Crippen MR) is 68.1 cm³/mol. The lowest BCUT2D eigenvalue weighted by Gasteiger charge is -2.15. The first-order chi connectivity index (χ1) is 7.52. The highest BCUT2D eigenvalue weighted by molar-refractivity contribution is 7.16. The summed E-state index contributed by atoms with van der Waals surface area (Å²) < 4.78 is 0. The molecule has 1 unspecified atom stereocenters. The summed E-state index contributed by atoms with van der Waals surface area (Å²) in [7, 11) is 4.08. The molecule has 0 amide bonds. The molecule has 1 rings (SSSR count). The molecule has 0 aromatic carbocycles. The van der Waals surface area contributed by atoms with Gasteiger partial charge in [-0.2, -0.15) is 5.26 Å². The number of aromatic nitrogens is 1. The largest absolute Gasteiger partial charge is 0.359 e. The van der Waals surface area contributed by atoms with E-state index in [1.54, 1.807) is 0 Å². The molecule has 0 radical (unpaired) electrons. The zero-order valence-electron chi connectivity index (χ0n) is 9.62. The molecule has 0 saturated carbocycles. The van der Waals surface area contributed by atoms with E-state index in [-0.39, 0.29) is 5.15 Å². The average molecular weight is 259 g/mol. The third-order valence-corrected chi connectivity index (χ3v) is 3.34. The molecule has 0 aliphatic heterocycles. The summed E-state index contributed by atoms with van der Waals surface area (Å²) in [4.78, 5) is 6.68. The predicted octanol–water partition coefficient (Wildman–Crippen LogP) is 2.42. The lowest BCUT2D eigenvalue weighted by Crippen LogP contribution is -2.22. The first kappa shape index (κ1) is 13.2. The van der Waals surface area contributed by atoms with Crippen molar-refractivity contribution in [2.75, 3.05) is 26.0 Å². The van der Waals surface area contributed by atoms with Crippen molar-refractivity contribution < 1.29 is 0 Å². The van der Waals surface area contributed by atoms with E-state index in [1.807, 2.05) is 20.2 Å². The average Bonchev–Trinajstić information content (AvgIpc) is 2.55. The van der Waals surface area contributed by atoms with Crippen LogP contribution >= 0.6 is 22.9 Å². The van der Waals surface area contributed by atoms with Gasteiger partial charge in [0, 0.05) is 6.04 Å². The van der Waals surface area contributed by atoms with Crippen LogP contribution in [0.15, 0.2) is 0 Å². The summed E-state index contributed by atoms with van der Waals surface area (Å²) >= 11 is 7.08. The Morgan fingerprint density at radius 2 is 2.31 bits per heavy atom. The SMILES string of the molecule is CC(CCN(C)C)Nc1nc(Cl)c(C#N)s1. The number of hydrogen-bond acceptors (Lipinski definition) is 5. The van der Waals surface area contributed by atoms with Crippen molar-refractivity contribution in [1.82, 2.24) is 9.88 Å². The normalized spacial score (nSPS) is 12.5. The Kier molecular flexibility index (Phi) is 5.00. The maximum atomic E-state index is 8.74. The van der Waals surface area contributed by atoms with Crippen molar-refractivity contribution >= 4 is 28.1 Å². The fraction of sp³-hybridized carbons (Fsp3) is 0.600. The number of hydrogen-bond donors (Lipinski definition) is 1. The van der Waals surface area contributed by atoms with Crippen molar-refractivity contribution in [3.05, 3.63) is 10.0 Å². The molecular weight excluding hydrogens is 244 g/mol. The van der Waals surface area contributed by atoms with Crippen molar-refractivity contribution in [3.8, 4) is 6.07 Å². The maximum absolute atomic E-state index is 8.74. The molecule has 0 spiro atoms. The van der Waals surface area contributed by atoms with Crippen LogP contribution in [0.1, 0.15) is 18.2 Å². The van der Waals surface area contributed by atoms with Crippen LogP contribution in [0.5, 0.6) is 0 Å². The Labute approximate surface area is 105 Å². The standard InChI is InChI=1S/C10H15ClN4S/c1-7(4-5-15(2)3)13-10-14-9(11)8(6-12)16-10/h7H,4-5H2,1-3H3,(H,13,14). The molecule has 0 aliphatic carbocycles. The summed E-state index contributed by atoms with van der Waals surface area (Å²) in [5.74, 6) is 0. The third kappa shape index (κ3) is 3.97. The second kappa shape index (κ2) is 6.04. The Balaban J connectivity index is 2.50. The topological polar surface area (TPSA) is 52.0 Å². The van der Waals surface area contributed by atoms with E-state index < -0.39 is 0 Å². The minimum absolute atomic E-state index is 0.287. The lowest BCUT2D eigenvalue weighted by atomic mass is 10.2. The van der Waals surface area contributed by atoms with E-state index in [2.05, 4.69) is 22.1 Å². The Bertz CT molecular complexity index is 383. The van der Waals surface area contributed by atoms with Gasteiger partial charge in [-0.15, -0.1) is 0 Å². The number of thiazole rings is 1. The van der Waals surface area contributed by atoms with Crippen molar-refractivity contribution in [2.45, 2.75) is 19.4 Å². The third-order valence-electron chi connectivity index (χ3n) is 2.07. The molecule has 0 bridgehead atoms. The van der Waals surface area contributed by atoms with Gasteiger partial charge in [0.25, 0.3) is 0 Å². The van der Waals surface area contributed by atoms with Crippen molar-refractivity contribution in [1.29, 1.82) is 5.26 Å². The van der Waals surface area contributed by atoms with Crippen LogP contribution in [-0.2, 0) is 0 Å². The van der Waals surface area contributed by atoms with Crippen LogP contribution in [0.3, 0.4) is 0 Å². The van der Waals surface area contributed by atoms with Gasteiger partial charge in [-0.05, 0) is 34.0 Å². The van der Waals surface area contributed by atoms with E-state index >= 15 is 0 Å². The van der Waals surface area contributed by atoms with Crippen molar-refractivity contribution in [3.63, 3.8) is 0 Å². The van der Waals surface area contributed by atoms with Crippen LogP contribution in [0.25, 0.3) is 0 Å². The zero-order chi connectivity index (χ0) is 12.1.